The summed E-state index contributed by atoms with van der Waals surface area (Å²) in [5.74, 6) is 0.819. The second-order valence-corrected chi connectivity index (χ2v) is 7.64. The van der Waals surface area contributed by atoms with E-state index in [2.05, 4.69) is 10.3 Å². The Hall–Kier alpha value is -2.35. The number of hydrogen-bond acceptors (Lipinski definition) is 6. The van der Waals surface area contributed by atoms with Gasteiger partial charge in [0.15, 0.2) is 5.60 Å². The van der Waals surface area contributed by atoms with E-state index >= 15 is 0 Å². The molecule has 4 rings (SSSR count). The molecule has 1 atom stereocenters. The molecule has 1 unspecified atom stereocenters. The number of aliphatic hydroxyl groups excluding tert-OH is 1. The van der Waals surface area contributed by atoms with Gasteiger partial charge in [-0.1, -0.05) is 17.7 Å². The number of hydrogen-bond donors (Lipinski definition) is 3. The smallest absolute Gasteiger partial charge is 0.268 e. The molecule has 0 bridgehead atoms. The van der Waals surface area contributed by atoms with Gasteiger partial charge in [0.1, 0.15) is 11.6 Å². The number of rotatable bonds is 1. The average Bonchev–Trinajstić information content (AvgIpc) is 2.65. The third kappa shape index (κ3) is 4.73. The van der Waals surface area contributed by atoms with Gasteiger partial charge in [-0.3, -0.25) is 4.79 Å². The van der Waals surface area contributed by atoms with Crippen LogP contribution in [0.2, 0.25) is 5.02 Å². The van der Waals surface area contributed by atoms with Crippen molar-refractivity contribution in [3.8, 4) is 16.9 Å². The largest absolute Gasteiger partial charge is 0.476 e. The van der Waals surface area contributed by atoms with E-state index in [1.165, 1.54) is 6.20 Å². The van der Waals surface area contributed by atoms with Crippen LogP contribution in [0.25, 0.3) is 11.1 Å². The van der Waals surface area contributed by atoms with Crippen LogP contribution in [0.1, 0.15) is 26.7 Å². The van der Waals surface area contributed by atoms with E-state index < -0.39 is 5.60 Å². The topological polar surface area (TPSA) is 107 Å². The molecular formula is C20H24ClN3O4. The Labute approximate surface area is 168 Å². The van der Waals surface area contributed by atoms with Gasteiger partial charge in [0, 0.05) is 18.4 Å². The van der Waals surface area contributed by atoms with Crippen molar-refractivity contribution >= 4 is 29.0 Å². The Bertz CT molecular complexity index is 867. The molecule has 1 fully saturated rings. The summed E-state index contributed by atoms with van der Waals surface area (Å²) < 4.78 is 10.7. The zero-order chi connectivity index (χ0) is 20.3. The second kappa shape index (κ2) is 8.34. The number of carbonyl (C=O) groups excluding carboxylic acids is 1. The number of nitrogens with two attached hydrogens (primary N) is 1. The van der Waals surface area contributed by atoms with Crippen LogP contribution in [0.3, 0.4) is 0 Å². The number of pyridine rings is 1. The summed E-state index contributed by atoms with van der Waals surface area (Å²) in [5, 5.41) is 12.1. The number of halogens is 1. The van der Waals surface area contributed by atoms with Crippen LogP contribution in [0, 0.1) is 0 Å². The molecule has 1 amide bonds. The monoisotopic (exact) mass is 405 g/mol. The molecule has 7 nitrogen and oxygen atoms in total. The van der Waals surface area contributed by atoms with Gasteiger partial charge in [-0.2, -0.15) is 0 Å². The Kier molecular flexibility index (Phi) is 6.07. The van der Waals surface area contributed by atoms with Crippen LogP contribution >= 0.6 is 11.6 Å². The lowest BCUT2D eigenvalue weighted by Crippen LogP contribution is -2.45. The van der Waals surface area contributed by atoms with Crippen molar-refractivity contribution < 1.29 is 19.4 Å². The molecule has 1 aromatic carbocycles. The highest BCUT2D eigenvalue weighted by molar-refractivity contribution is 6.33. The molecule has 0 aliphatic carbocycles. The molecule has 1 saturated heterocycles. The lowest BCUT2D eigenvalue weighted by Gasteiger charge is -2.31. The Balaban J connectivity index is 0.000000271. The molecule has 4 N–H and O–H groups in total. The van der Waals surface area contributed by atoms with E-state index in [0.717, 1.165) is 30.6 Å². The minimum atomic E-state index is -0.910. The highest BCUT2D eigenvalue weighted by Gasteiger charge is 2.35. The molecule has 2 aromatic rings. The number of carbonyl (C=O) groups is 1. The van der Waals surface area contributed by atoms with Crippen molar-refractivity contribution in [2.24, 2.45) is 0 Å². The molecule has 0 radical (unpaired) electrons. The zero-order valence-electron chi connectivity index (χ0n) is 15.9. The van der Waals surface area contributed by atoms with Gasteiger partial charge in [0.2, 0.25) is 0 Å². The quantitative estimate of drug-likeness (QED) is 0.672. The maximum atomic E-state index is 11.9. The lowest BCUT2D eigenvalue weighted by molar-refractivity contribution is -0.129. The minimum Gasteiger partial charge on any atom is -0.476 e. The van der Waals surface area contributed by atoms with E-state index in [1.54, 1.807) is 26.0 Å². The molecular weight excluding hydrogens is 382 g/mol. The van der Waals surface area contributed by atoms with Crippen molar-refractivity contribution in [1.82, 2.24) is 4.98 Å². The average molecular weight is 406 g/mol. The normalized spacial score (nSPS) is 20.1. The van der Waals surface area contributed by atoms with Gasteiger partial charge < -0.3 is 25.6 Å². The Morgan fingerprint density at radius 1 is 1.36 bits per heavy atom. The summed E-state index contributed by atoms with van der Waals surface area (Å²) in [6, 6.07) is 7.17. The van der Waals surface area contributed by atoms with Gasteiger partial charge in [-0.05, 0) is 50.5 Å². The zero-order valence-corrected chi connectivity index (χ0v) is 16.6. The fourth-order valence-electron chi connectivity index (χ4n) is 2.87. The molecule has 1 aromatic heterocycles. The summed E-state index contributed by atoms with van der Waals surface area (Å²) in [6.07, 6.45) is 3.26. The van der Waals surface area contributed by atoms with Crippen LogP contribution in [-0.2, 0) is 9.53 Å². The number of aliphatic hydroxyl groups is 1. The molecule has 0 spiro atoms. The molecule has 8 heteroatoms. The number of aromatic nitrogens is 1. The minimum absolute atomic E-state index is 0.172. The predicted octanol–water partition coefficient (Wildman–Crippen LogP) is 3.25. The van der Waals surface area contributed by atoms with E-state index in [9.17, 15) is 4.79 Å². The third-order valence-electron chi connectivity index (χ3n) is 4.47. The van der Waals surface area contributed by atoms with Crippen molar-refractivity contribution in [1.29, 1.82) is 0 Å². The number of anilines is 2. The highest BCUT2D eigenvalue weighted by atomic mass is 35.5. The number of nitrogens with one attached hydrogen (secondary N) is 1. The van der Waals surface area contributed by atoms with E-state index in [0.29, 0.717) is 28.9 Å². The van der Waals surface area contributed by atoms with Gasteiger partial charge in [-0.15, -0.1) is 0 Å². The number of nitrogens with zero attached hydrogens (tertiary/aromatic N) is 1. The van der Waals surface area contributed by atoms with Crippen LogP contribution in [0.4, 0.5) is 11.5 Å². The van der Waals surface area contributed by atoms with Crippen LogP contribution in [0.15, 0.2) is 30.5 Å². The molecule has 2 aliphatic rings. The molecule has 3 heterocycles. The number of benzene rings is 1. The van der Waals surface area contributed by atoms with Crippen molar-refractivity contribution in [3.05, 3.63) is 35.5 Å². The SMILES string of the molecule is CC1(C)Oc2cc(-c3cc(N)ncc3Cl)ccc2NC1=O.OC1CCCOC1. The molecule has 150 valence electrons. The maximum absolute atomic E-state index is 11.9. The Morgan fingerprint density at radius 3 is 2.79 bits per heavy atom. The number of amides is 1. The fraction of sp³-hybridized carbons (Fsp3) is 0.400. The first-order valence-corrected chi connectivity index (χ1v) is 9.46. The summed E-state index contributed by atoms with van der Waals surface area (Å²) in [6.45, 7) is 4.81. The second-order valence-electron chi connectivity index (χ2n) is 7.24. The van der Waals surface area contributed by atoms with Crippen molar-refractivity contribution in [2.75, 3.05) is 24.3 Å². The Morgan fingerprint density at radius 2 is 2.14 bits per heavy atom. The van der Waals surface area contributed by atoms with Crippen LogP contribution < -0.4 is 15.8 Å². The van der Waals surface area contributed by atoms with Gasteiger partial charge in [0.05, 0.1) is 23.4 Å². The van der Waals surface area contributed by atoms with Gasteiger partial charge >= 0.3 is 0 Å². The summed E-state index contributed by atoms with van der Waals surface area (Å²) >= 11 is 6.16. The summed E-state index contributed by atoms with van der Waals surface area (Å²) in [4.78, 5) is 15.8. The maximum Gasteiger partial charge on any atom is 0.268 e. The van der Waals surface area contributed by atoms with E-state index in [4.69, 9.17) is 31.9 Å². The fourth-order valence-corrected chi connectivity index (χ4v) is 3.08. The van der Waals surface area contributed by atoms with Gasteiger partial charge in [-0.25, -0.2) is 4.98 Å². The predicted molar refractivity (Wildman–Crippen MR) is 108 cm³/mol. The van der Waals surface area contributed by atoms with Crippen molar-refractivity contribution in [3.63, 3.8) is 0 Å². The first-order chi connectivity index (χ1) is 13.3. The molecule has 2 aliphatic heterocycles. The molecule has 28 heavy (non-hydrogen) atoms. The summed E-state index contributed by atoms with van der Waals surface area (Å²) in [7, 11) is 0. The first-order valence-electron chi connectivity index (χ1n) is 9.08. The lowest BCUT2D eigenvalue weighted by atomic mass is 10.0. The van der Waals surface area contributed by atoms with Gasteiger partial charge in [0.25, 0.3) is 5.91 Å². The first kappa shape index (κ1) is 20.4. The number of fused-ring (bicyclic) bond motifs is 1. The van der Waals surface area contributed by atoms with Crippen molar-refractivity contribution in [2.45, 2.75) is 38.4 Å². The molecule has 0 saturated carbocycles. The summed E-state index contributed by atoms with van der Waals surface area (Å²) in [5.41, 5.74) is 7.05. The highest BCUT2D eigenvalue weighted by Crippen LogP contribution is 2.38. The number of ether oxygens (including phenoxy) is 2. The van der Waals surface area contributed by atoms with Crippen LogP contribution in [-0.4, -0.2) is 40.9 Å². The van der Waals surface area contributed by atoms with E-state index in [1.807, 2.05) is 12.1 Å². The number of nitrogen functional groups attached to an aromatic ring is 1. The van der Waals surface area contributed by atoms with E-state index in [-0.39, 0.29) is 12.0 Å². The standard InChI is InChI=1S/C15H14ClN3O2.C5H10O2/c1-15(2)14(20)19-11-4-3-8(5-12(11)21-15)9-6-13(17)18-7-10(9)16;6-5-2-1-3-7-4-5/h3-7H,1-2H3,(H2,17,18)(H,19,20);5-6H,1-4H2. The third-order valence-corrected chi connectivity index (χ3v) is 4.77. The van der Waals surface area contributed by atoms with Crippen LogP contribution in [0.5, 0.6) is 5.75 Å².